The third kappa shape index (κ3) is 2.45. The molecule has 0 aliphatic carbocycles. The summed E-state index contributed by atoms with van der Waals surface area (Å²) in [4.78, 5) is 2.51. The molecule has 2 rings (SSSR count). The molecule has 0 spiro atoms. The van der Waals surface area contributed by atoms with Crippen molar-refractivity contribution < 1.29 is 0 Å². The molecular formula is C14H22N2. The second kappa shape index (κ2) is 4.98. The summed E-state index contributed by atoms with van der Waals surface area (Å²) >= 11 is 0. The van der Waals surface area contributed by atoms with E-state index in [2.05, 4.69) is 43.0 Å². The van der Waals surface area contributed by atoms with Gasteiger partial charge in [0.15, 0.2) is 0 Å². The Labute approximate surface area is 98.4 Å². The van der Waals surface area contributed by atoms with E-state index in [1.54, 1.807) is 0 Å². The minimum atomic E-state index is 0.650. The van der Waals surface area contributed by atoms with Crippen LogP contribution < -0.4 is 5.73 Å². The molecule has 0 atom stereocenters. The smallest absolute Gasteiger partial charge is 0.0237 e. The van der Waals surface area contributed by atoms with Gasteiger partial charge in [0.2, 0.25) is 0 Å². The first-order valence-electron chi connectivity index (χ1n) is 6.20. The van der Waals surface area contributed by atoms with Gasteiger partial charge in [0, 0.05) is 26.2 Å². The Bertz CT molecular complexity index is 340. The average molecular weight is 218 g/mol. The van der Waals surface area contributed by atoms with E-state index >= 15 is 0 Å². The number of rotatable bonds is 4. The minimum absolute atomic E-state index is 0.650. The van der Waals surface area contributed by atoms with Gasteiger partial charge in [-0.25, -0.2) is 0 Å². The summed E-state index contributed by atoms with van der Waals surface area (Å²) in [5, 5.41) is 0. The van der Waals surface area contributed by atoms with Crippen LogP contribution in [0.25, 0.3) is 0 Å². The fourth-order valence-electron chi connectivity index (χ4n) is 2.31. The maximum absolute atomic E-state index is 5.74. The van der Waals surface area contributed by atoms with Gasteiger partial charge in [0.05, 0.1) is 0 Å². The van der Waals surface area contributed by atoms with E-state index in [0.717, 1.165) is 18.4 Å². The van der Waals surface area contributed by atoms with Crippen LogP contribution in [-0.4, -0.2) is 18.0 Å². The molecule has 1 fully saturated rings. The average Bonchev–Trinajstić information content (AvgIpc) is 2.22. The number of benzene rings is 1. The maximum Gasteiger partial charge on any atom is 0.0237 e. The van der Waals surface area contributed by atoms with Crippen LogP contribution in [-0.2, 0) is 13.1 Å². The van der Waals surface area contributed by atoms with Gasteiger partial charge in [-0.1, -0.05) is 38.1 Å². The van der Waals surface area contributed by atoms with Crippen LogP contribution >= 0.6 is 0 Å². The summed E-state index contributed by atoms with van der Waals surface area (Å²) in [5.74, 6) is 1.71. The van der Waals surface area contributed by atoms with Crippen molar-refractivity contribution >= 4 is 0 Å². The summed E-state index contributed by atoms with van der Waals surface area (Å²) in [6.07, 6.45) is 0. The first-order valence-corrected chi connectivity index (χ1v) is 6.20. The summed E-state index contributed by atoms with van der Waals surface area (Å²) in [5.41, 5.74) is 8.43. The van der Waals surface area contributed by atoms with Crippen LogP contribution in [0, 0.1) is 11.8 Å². The van der Waals surface area contributed by atoms with E-state index in [4.69, 9.17) is 5.73 Å². The molecule has 2 nitrogen and oxygen atoms in total. The predicted octanol–water partition coefficient (Wildman–Crippen LogP) is 2.23. The zero-order chi connectivity index (χ0) is 11.5. The molecule has 0 amide bonds. The van der Waals surface area contributed by atoms with Crippen molar-refractivity contribution in [3.63, 3.8) is 0 Å². The first-order chi connectivity index (χ1) is 7.70. The third-order valence-corrected chi connectivity index (χ3v) is 3.66. The third-order valence-electron chi connectivity index (χ3n) is 3.66. The lowest BCUT2D eigenvalue weighted by molar-refractivity contribution is 0.0612. The van der Waals surface area contributed by atoms with Gasteiger partial charge >= 0.3 is 0 Å². The maximum atomic E-state index is 5.74. The van der Waals surface area contributed by atoms with Crippen molar-refractivity contribution in [3.05, 3.63) is 35.4 Å². The lowest BCUT2D eigenvalue weighted by atomic mass is 9.88. The molecule has 16 heavy (non-hydrogen) atoms. The molecule has 0 radical (unpaired) electrons. The van der Waals surface area contributed by atoms with Gasteiger partial charge in [-0.15, -0.1) is 0 Å². The Morgan fingerprint density at radius 1 is 1.25 bits per heavy atom. The lowest BCUT2D eigenvalue weighted by Gasteiger charge is -2.42. The number of likely N-dealkylation sites (tertiary alicyclic amines) is 1. The topological polar surface area (TPSA) is 29.3 Å². The second-order valence-corrected chi connectivity index (χ2v) is 5.17. The molecule has 1 heterocycles. The molecule has 88 valence electrons. The molecule has 1 aliphatic heterocycles. The van der Waals surface area contributed by atoms with Crippen LogP contribution in [0.5, 0.6) is 0 Å². The summed E-state index contributed by atoms with van der Waals surface area (Å²) in [6, 6.07) is 8.51. The molecule has 1 aromatic carbocycles. The van der Waals surface area contributed by atoms with Crippen LogP contribution in [0.4, 0.5) is 0 Å². The van der Waals surface area contributed by atoms with Gasteiger partial charge in [-0.3, -0.25) is 4.90 Å². The highest BCUT2D eigenvalue weighted by Crippen LogP contribution is 2.25. The fraction of sp³-hybridized carbons (Fsp3) is 0.571. The van der Waals surface area contributed by atoms with E-state index in [1.165, 1.54) is 24.2 Å². The van der Waals surface area contributed by atoms with Crippen LogP contribution in [0.1, 0.15) is 25.0 Å². The van der Waals surface area contributed by atoms with E-state index in [9.17, 15) is 0 Å². The van der Waals surface area contributed by atoms with E-state index < -0.39 is 0 Å². The highest BCUT2D eigenvalue weighted by molar-refractivity contribution is 5.27. The molecule has 1 saturated heterocycles. The SMILES string of the molecule is CC(C)C1CN(Cc2ccccc2CN)C1. The molecule has 2 N–H and O–H groups in total. The standard InChI is InChI=1S/C14H22N2/c1-11(2)14-9-16(10-14)8-13-6-4-3-5-12(13)7-15/h3-6,11,14H,7-10,15H2,1-2H3. The van der Waals surface area contributed by atoms with Gasteiger partial charge in [0.1, 0.15) is 0 Å². The Kier molecular flexibility index (Phi) is 3.62. The minimum Gasteiger partial charge on any atom is -0.326 e. The monoisotopic (exact) mass is 218 g/mol. The van der Waals surface area contributed by atoms with Crippen LogP contribution in [0.2, 0.25) is 0 Å². The molecule has 0 aromatic heterocycles. The molecule has 0 saturated carbocycles. The quantitative estimate of drug-likeness (QED) is 0.839. The summed E-state index contributed by atoms with van der Waals surface area (Å²) < 4.78 is 0. The van der Waals surface area contributed by atoms with Crippen LogP contribution in [0.15, 0.2) is 24.3 Å². The zero-order valence-corrected chi connectivity index (χ0v) is 10.3. The second-order valence-electron chi connectivity index (χ2n) is 5.17. The van der Waals surface area contributed by atoms with E-state index in [0.29, 0.717) is 6.54 Å². The summed E-state index contributed by atoms with van der Waals surface area (Å²) in [6.45, 7) is 8.84. The Hall–Kier alpha value is -0.860. The zero-order valence-electron chi connectivity index (χ0n) is 10.3. The fourth-order valence-corrected chi connectivity index (χ4v) is 2.31. The first kappa shape index (κ1) is 11.6. The van der Waals surface area contributed by atoms with Gasteiger partial charge < -0.3 is 5.73 Å². The Balaban J connectivity index is 1.91. The summed E-state index contributed by atoms with van der Waals surface area (Å²) in [7, 11) is 0. The number of nitrogens with two attached hydrogens (primary N) is 1. The molecular weight excluding hydrogens is 196 g/mol. The molecule has 1 aromatic rings. The Morgan fingerprint density at radius 3 is 2.44 bits per heavy atom. The molecule has 1 aliphatic rings. The highest BCUT2D eigenvalue weighted by Gasteiger charge is 2.28. The van der Waals surface area contributed by atoms with Crippen molar-refractivity contribution in [2.45, 2.75) is 26.9 Å². The number of nitrogens with zero attached hydrogens (tertiary/aromatic N) is 1. The van der Waals surface area contributed by atoms with Crippen LogP contribution in [0.3, 0.4) is 0 Å². The molecule has 0 bridgehead atoms. The van der Waals surface area contributed by atoms with Gasteiger partial charge in [0.25, 0.3) is 0 Å². The predicted molar refractivity (Wildman–Crippen MR) is 67.9 cm³/mol. The number of hydrogen-bond donors (Lipinski definition) is 1. The Morgan fingerprint density at radius 2 is 1.88 bits per heavy atom. The molecule has 0 unspecified atom stereocenters. The highest BCUT2D eigenvalue weighted by atomic mass is 15.2. The van der Waals surface area contributed by atoms with Gasteiger partial charge in [-0.05, 0) is 23.0 Å². The van der Waals surface area contributed by atoms with Crippen molar-refractivity contribution in [1.29, 1.82) is 0 Å². The van der Waals surface area contributed by atoms with Gasteiger partial charge in [-0.2, -0.15) is 0 Å². The van der Waals surface area contributed by atoms with E-state index in [-0.39, 0.29) is 0 Å². The van der Waals surface area contributed by atoms with Crippen molar-refractivity contribution in [2.24, 2.45) is 17.6 Å². The van der Waals surface area contributed by atoms with Crippen molar-refractivity contribution in [2.75, 3.05) is 13.1 Å². The van der Waals surface area contributed by atoms with Crippen molar-refractivity contribution in [1.82, 2.24) is 4.90 Å². The number of hydrogen-bond acceptors (Lipinski definition) is 2. The normalized spacial score (nSPS) is 17.8. The largest absolute Gasteiger partial charge is 0.326 e. The molecule has 2 heteroatoms. The van der Waals surface area contributed by atoms with E-state index in [1.807, 2.05) is 0 Å². The lowest BCUT2D eigenvalue weighted by Crippen LogP contribution is -2.48. The van der Waals surface area contributed by atoms with Crippen molar-refractivity contribution in [3.8, 4) is 0 Å².